The summed E-state index contributed by atoms with van der Waals surface area (Å²) in [5.74, 6) is 0.0403. The van der Waals surface area contributed by atoms with Crippen molar-refractivity contribution in [1.29, 1.82) is 0 Å². The van der Waals surface area contributed by atoms with Gasteiger partial charge >= 0.3 is 12.3 Å². The minimum atomic E-state index is -4.48. The largest absolute Gasteiger partial charge is 0.433 e. The Bertz CT molecular complexity index is 843. The summed E-state index contributed by atoms with van der Waals surface area (Å²) in [4.78, 5) is 20.1. The summed E-state index contributed by atoms with van der Waals surface area (Å²) in [5.41, 5.74) is 0.796. The van der Waals surface area contributed by atoms with Crippen molar-refractivity contribution in [2.75, 3.05) is 6.54 Å². The van der Waals surface area contributed by atoms with Crippen molar-refractivity contribution in [2.24, 2.45) is 5.16 Å². The molecule has 0 aliphatic carbocycles. The fraction of sp³-hybridized carbons (Fsp3) is 0.375. The molecule has 2 rings (SSSR count). The maximum absolute atomic E-state index is 13.0. The molecule has 10 heteroatoms. The molecule has 0 saturated heterocycles. The topological polar surface area (TPSA) is 81.4 Å². The number of hydrogen-bond donors (Lipinski definition) is 1. The van der Waals surface area contributed by atoms with Gasteiger partial charge in [0.1, 0.15) is 0 Å². The highest BCUT2D eigenvalue weighted by molar-refractivity contribution is 5.99. The molecule has 2 aromatic heterocycles. The molecule has 1 amide bonds. The SMILES string of the molecule is CCNC(=O)ON=C(C)c1cnn(-c2cc(C(F)(F)F)cc(C)n2)c1C. The number of rotatable bonds is 4. The third kappa shape index (κ3) is 4.38. The van der Waals surface area contributed by atoms with Crippen molar-refractivity contribution in [2.45, 2.75) is 33.9 Å². The highest BCUT2D eigenvalue weighted by Crippen LogP contribution is 2.30. The monoisotopic (exact) mass is 369 g/mol. The number of oxime groups is 1. The number of halogens is 3. The average Bonchev–Trinajstić information content (AvgIpc) is 2.93. The van der Waals surface area contributed by atoms with Crippen molar-refractivity contribution < 1.29 is 22.8 Å². The molecule has 0 spiro atoms. The lowest BCUT2D eigenvalue weighted by Crippen LogP contribution is -2.22. The lowest BCUT2D eigenvalue weighted by molar-refractivity contribution is -0.137. The number of amides is 1. The predicted molar refractivity (Wildman–Crippen MR) is 88.2 cm³/mol. The molecule has 1 N–H and O–H groups in total. The van der Waals surface area contributed by atoms with E-state index in [-0.39, 0.29) is 11.5 Å². The van der Waals surface area contributed by atoms with Crippen LogP contribution in [0.5, 0.6) is 0 Å². The van der Waals surface area contributed by atoms with Gasteiger partial charge in [0.05, 0.1) is 23.2 Å². The minimum Gasteiger partial charge on any atom is -0.320 e. The average molecular weight is 369 g/mol. The van der Waals surface area contributed by atoms with Gasteiger partial charge in [-0.1, -0.05) is 5.16 Å². The van der Waals surface area contributed by atoms with Gasteiger partial charge in [0.25, 0.3) is 0 Å². The Kier molecular flexibility index (Phi) is 5.63. The smallest absolute Gasteiger partial charge is 0.320 e. The number of nitrogens with zero attached hydrogens (tertiary/aromatic N) is 4. The molecule has 140 valence electrons. The molecule has 0 radical (unpaired) electrons. The van der Waals surface area contributed by atoms with Crippen LogP contribution in [0.15, 0.2) is 23.5 Å². The van der Waals surface area contributed by atoms with E-state index in [1.54, 1.807) is 20.8 Å². The third-order valence-corrected chi connectivity index (χ3v) is 3.47. The van der Waals surface area contributed by atoms with E-state index in [4.69, 9.17) is 0 Å². The summed E-state index contributed by atoms with van der Waals surface area (Å²) >= 11 is 0. The Hall–Kier alpha value is -2.91. The number of aromatic nitrogens is 3. The highest BCUT2D eigenvalue weighted by atomic mass is 19.4. The first-order chi connectivity index (χ1) is 12.1. The number of pyridine rings is 1. The quantitative estimate of drug-likeness (QED) is 0.509. The van der Waals surface area contributed by atoms with Gasteiger partial charge in [-0.2, -0.15) is 18.3 Å². The summed E-state index contributed by atoms with van der Waals surface area (Å²) in [5, 5.41) is 10.2. The highest BCUT2D eigenvalue weighted by Gasteiger charge is 2.31. The Morgan fingerprint density at radius 1 is 1.35 bits per heavy atom. The van der Waals surface area contributed by atoms with Crippen LogP contribution in [-0.4, -0.2) is 33.1 Å². The number of nitrogens with one attached hydrogen (secondary N) is 1. The second-order valence-corrected chi connectivity index (χ2v) is 5.49. The van der Waals surface area contributed by atoms with Crippen LogP contribution in [0.25, 0.3) is 5.82 Å². The lowest BCUT2D eigenvalue weighted by Gasteiger charge is -2.11. The van der Waals surface area contributed by atoms with Crippen LogP contribution in [0.4, 0.5) is 18.0 Å². The molecule has 0 aliphatic rings. The Morgan fingerprint density at radius 3 is 2.65 bits per heavy atom. The first-order valence-corrected chi connectivity index (χ1v) is 7.74. The molecule has 7 nitrogen and oxygen atoms in total. The van der Waals surface area contributed by atoms with E-state index < -0.39 is 17.8 Å². The Labute approximate surface area is 147 Å². The zero-order valence-corrected chi connectivity index (χ0v) is 14.7. The molecule has 0 aliphatic heterocycles. The van der Waals surface area contributed by atoms with Crippen LogP contribution in [0.3, 0.4) is 0 Å². The normalized spacial score (nSPS) is 12.2. The Morgan fingerprint density at radius 2 is 2.04 bits per heavy atom. The van der Waals surface area contributed by atoms with Crippen LogP contribution in [0.1, 0.15) is 36.4 Å². The molecule has 0 fully saturated rings. The van der Waals surface area contributed by atoms with Crippen LogP contribution in [0, 0.1) is 13.8 Å². The van der Waals surface area contributed by atoms with Crippen LogP contribution < -0.4 is 5.32 Å². The van der Waals surface area contributed by atoms with E-state index in [0.29, 0.717) is 23.5 Å². The van der Waals surface area contributed by atoms with E-state index in [1.165, 1.54) is 17.8 Å². The number of alkyl halides is 3. The van der Waals surface area contributed by atoms with Gasteiger partial charge in [-0.15, -0.1) is 0 Å². The van der Waals surface area contributed by atoms with E-state index in [2.05, 4.69) is 25.4 Å². The van der Waals surface area contributed by atoms with Gasteiger partial charge in [-0.25, -0.2) is 14.5 Å². The molecular formula is C16H18F3N5O2. The van der Waals surface area contributed by atoms with Crippen molar-refractivity contribution in [3.63, 3.8) is 0 Å². The van der Waals surface area contributed by atoms with Gasteiger partial charge in [-0.3, -0.25) is 4.84 Å². The van der Waals surface area contributed by atoms with Crippen molar-refractivity contribution >= 4 is 11.8 Å². The maximum Gasteiger partial charge on any atom is 0.433 e. The number of aryl methyl sites for hydroxylation is 1. The zero-order chi connectivity index (χ0) is 19.5. The Balaban J connectivity index is 2.36. The molecule has 0 saturated carbocycles. The predicted octanol–water partition coefficient (Wildman–Crippen LogP) is 3.37. The number of hydrogen-bond acceptors (Lipinski definition) is 5. The third-order valence-electron chi connectivity index (χ3n) is 3.47. The van der Waals surface area contributed by atoms with Gasteiger partial charge < -0.3 is 5.32 Å². The molecule has 0 bridgehead atoms. The van der Waals surface area contributed by atoms with Crippen molar-refractivity contribution in [3.8, 4) is 5.82 Å². The summed E-state index contributed by atoms with van der Waals surface area (Å²) in [6.07, 6.45) is -3.76. The van der Waals surface area contributed by atoms with Crippen molar-refractivity contribution in [1.82, 2.24) is 20.1 Å². The summed E-state index contributed by atoms with van der Waals surface area (Å²) in [7, 11) is 0. The first kappa shape index (κ1) is 19.4. The molecule has 0 aromatic carbocycles. The summed E-state index contributed by atoms with van der Waals surface area (Å²) < 4.78 is 40.3. The number of carbonyl (C=O) groups excluding carboxylic acids is 1. The molecule has 2 heterocycles. The molecular weight excluding hydrogens is 351 g/mol. The molecule has 0 atom stereocenters. The maximum atomic E-state index is 13.0. The standard InChI is InChI=1S/C16H18F3N5O2/c1-5-20-15(25)26-23-10(3)13-8-21-24(11(13)4)14-7-12(16(17,18)19)6-9(2)22-14/h6-8H,5H2,1-4H3,(H,20,25). The zero-order valence-electron chi connectivity index (χ0n) is 14.7. The van der Waals surface area contributed by atoms with Crippen LogP contribution in [0.2, 0.25) is 0 Å². The molecule has 26 heavy (non-hydrogen) atoms. The van der Waals surface area contributed by atoms with Crippen molar-refractivity contribution in [3.05, 3.63) is 40.8 Å². The first-order valence-electron chi connectivity index (χ1n) is 7.74. The molecule has 2 aromatic rings. The molecule has 0 unspecified atom stereocenters. The second kappa shape index (κ2) is 7.54. The van der Waals surface area contributed by atoms with Gasteiger partial charge in [0.2, 0.25) is 0 Å². The lowest BCUT2D eigenvalue weighted by atomic mass is 10.2. The summed E-state index contributed by atoms with van der Waals surface area (Å²) in [6, 6.07) is 1.89. The fourth-order valence-electron chi connectivity index (χ4n) is 2.25. The van der Waals surface area contributed by atoms with E-state index in [0.717, 1.165) is 12.1 Å². The van der Waals surface area contributed by atoms with E-state index in [1.807, 2.05) is 0 Å². The number of carbonyl (C=O) groups is 1. The van der Waals surface area contributed by atoms with Gasteiger partial charge in [0, 0.05) is 17.8 Å². The van der Waals surface area contributed by atoms with Crippen LogP contribution in [-0.2, 0) is 11.0 Å². The van der Waals surface area contributed by atoms with E-state index in [9.17, 15) is 18.0 Å². The van der Waals surface area contributed by atoms with Gasteiger partial charge in [-0.05, 0) is 39.8 Å². The minimum absolute atomic E-state index is 0.0403. The van der Waals surface area contributed by atoms with E-state index >= 15 is 0 Å². The second-order valence-electron chi connectivity index (χ2n) is 5.49. The fourth-order valence-corrected chi connectivity index (χ4v) is 2.25. The summed E-state index contributed by atoms with van der Waals surface area (Å²) in [6.45, 7) is 6.86. The van der Waals surface area contributed by atoms with Crippen LogP contribution >= 0.6 is 0 Å². The van der Waals surface area contributed by atoms with Gasteiger partial charge in [0.15, 0.2) is 5.82 Å².